The number of aromatic nitrogens is 2. The first-order valence-electron chi connectivity index (χ1n) is 7.58. The number of nitrogens with zero attached hydrogens (tertiary/aromatic N) is 1. The Morgan fingerprint density at radius 3 is 2.71 bits per heavy atom. The summed E-state index contributed by atoms with van der Waals surface area (Å²) in [5, 5.41) is 0. The lowest BCUT2D eigenvalue weighted by Gasteiger charge is -2.13. The van der Waals surface area contributed by atoms with Crippen molar-refractivity contribution in [3.63, 3.8) is 0 Å². The van der Waals surface area contributed by atoms with Gasteiger partial charge < -0.3 is 4.98 Å². The molecular weight excluding hydrogens is 328 g/mol. The van der Waals surface area contributed by atoms with Crippen molar-refractivity contribution in [1.82, 2.24) is 9.97 Å². The third kappa shape index (κ3) is 2.82. The number of hydrogen-bond donors (Lipinski definition) is 1. The van der Waals surface area contributed by atoms with Gasteiger partial charge in [-0.1, -0.05) is 44.0 Å². The van der Waals surface area contributed by atoms with Gasteiger partial charge in [-0.05, 0) is 40.8 Å². The molecule has 1 N–H and O–H groups in total. The average Bonchev–Trinajstić information content (AvgIpc) is 3.04. The Morgan fingerprint density at radius 2 is 2.00 bits per heavy atom. The molecular formula is C17H19BrN2O. The quantitative estimate of drug-likeness (QED) is 0.893. The molecule has 1 aliphatic rings. The second kappa shape index (κ2) is 6.14. The summed E-state index contributed by atoms with van der Waals surface area (Å²) < 4.78 is 0.604. The summed E-state index contributed by atoms with van der Waals surface area (Å²) in [5.74, 6) is 1.11. The lowest BCUT2D eigenvalue weighted by molar-refractivity contribution is 0.688. The summed E-state index contributed by atoms with van der Waals surface area (Å²) >= 11 is 3.43. The highest BCUT2D eigenvalue weighted by atomic mass is 79.9. The molecule has 1 aliphatic carbocycles. The predicted molar refractivity (Wildman–Crippen MR) is 88.6 cm³/mol. The Morgan fingerprint density at radius 1 is 1.29 bits per heavy atom. The first-order valence-corrected chi connectivity index (χ1v) is 8.38. The number of aryl methyl sites for hydroxylation is 1. The molecule has 0 spiro atoms. The van der Waals surface area contributed by atoms with Crippen LogP contribution in [0.25, 0.3) is 11.4 Å². The molecule has 3 nitrogen and oxygen atoms in total. The molecule has 2 aromatic rings. The van der Waals surface area contributed by atoms with Crippen LogP contribution in [0.5, 0.6) is 0 Å². The molecule has 4 heteroatoms. The van der Waals surface area contributed by atoms with Crippen LogP contribution in [0.15, 0.2) is 33.5 Å². The SMILES string of the molecule is CCc1ccccc1-c1nc(C2CCCC2)c(Br)c(=O)[nH]1. The molecule has 0 bridgehead atoms. The molecule has 1 saturated carbocycles. The predicted octanol–water partition coefficient (Wildman–Crippen LogP) is 4.42. The van der Waals surface area contributed by atoms with E-state index in [4.69, 9.17) is 4.98 Å². The fourth-order valence-corrected chi connectivity index (χ4v) is 3.64. The van der Waals surface area contributed by atoms with Gasteiger partial charge in [-0.3, -0.25) is 4.79 Å². The number of aromatic amines is 1. The van der Waals surface area contributed by atoms with Crippen LogP contribution in [0, 0.1) is 0 Å². The highest BCUT2D eigenvalue weighted by molar-refractivity contribution is 9.10. The largest absolute Gasteiger partial charge is 0.306 e. The smallest absolute Gasteiger partial charge is 0.265 e. The lowest BCUT2D eigenvalue weighted by atomic mass is 10.0. The highest BCUT2D eigenvalue weighted by Crippen LogP contribution is 2.36. The van der Waals surface area contributed by atoms with E-state index in [1.165, 1.54) is 18.4 Å². The molecule has 3 rings (SSSR count). The molecule has 0 aliphatic heterocycles. The lowest BCUT2D eigenvalue weighted by Crippen LogP contribution is -2.15. The number of hydrogen-bond acceptors (Lipinski definition) is 2. The summed E-state index contributed by atoms with van der Waals surface area (Å²) in [6.07, 6.45) is 5.64. The number of rotatable bonds is 3. The minimum atomic E-state index is -0.0761. The van der Waals surface area contributed by atoms with Crippen molar-refractivity contribution in [3.8, 4) is 11.4 Å². The average molecular weight is 347 g/mol. The summed E-state index contributed by atoms with van der Waals surface area (Å²) in [5.41, 5.74) is 3.09. The van der Waals surface area contributed by atoms with Crippen molar-refractivity contribution in [2.75, 3.05) is 0 Å². The maximum absolute atomic E-state index is 12.2. The van der Waals surface area contributed by atoms with Crippen LogP contribution in [-0.2, 0) is 6.42 Å². The van der Waals surface area contributed by atoms with Gasteiger partial charge in [0.2, 0.25) is 0 Å². The first-order chi connectivity index (χ1) is 10.2. The van der Waals surface area contributed by atoms with Crippen LogP contribution in [0.4, 0.5) is 0 Å². The minimum Gasteiger partial charge on any atom is -0.306 e. The Labute approximate surface area is 133 Å². The summed E-state index contributed by atoms with van der Waals surface area (Å²) in [6, 6.07) is 8.14. The fourth-order valence-electron chi connectivity index (χ4n) is 3.13. The van der Waals surface area contributed by atoms with E-state index in [0.29, 0.717) is 16.2 Å². The zero-order chi connectivity index (χ0) is 14.8. The van der Waals surface area contributed by atoms with E-state index in [9.17, 15) is 4.79 Å². The molecule has 0 unspecified atom stereocenters. The molecule has 0 atom stereocenters. The van der Waals surface area contributed by atoms with Crippen molar-refractivity contribution in [1.29, 1.82) is 0 Å². The van der Waals surface area contributed by atoms with Gasteiger partial charge >= 0.3 is 0 Å². The van der Waals surface area contributed by atoms with E-state index in [1.807, 2.05) is 18.2 Å². The third-order valence-corrected chi connectivity index (χ3v) is 5.05. The van der Waals surface area contributed by atoms with Crippen molar-refractivity contribution < 1.29 is 0 Å². The van der Waals surface area contributed by atoms with E-state index >= 15 is 0 Å². The Kier molecular flexibility index (Phi) is 4.24. The number of benzene rings is 1. The van der Waals surface area contributed by atoms with E-state index in [1.54, 1.807) is 0 Å². The van der Waals surface area contributed by atoms with Gasteiger partial charge in [0, 0.05) is 11.5 Å². The van der Waals surface area contributed by atoms with Gasteiger partial charge in [-0.25, -0.2) is 4.98 Å². The minimum absolute atomic E-state index is 0.0761. The molecule has 110 valence electrons. The second-order valence-corrected chi connectivity index (χ2v) is 6.40. The van der Waals surface area contributed by atoms with E-state index in [-0.39, 0.29) is 5.56 Å². The number of H-pyrrole nitrogens is 1. The summed E-state index contributed by atoms with van der Waals surface area (Å²) in [6.45, 7) is 2.12. The second-order valence-electron chi connectivity index (χ2n) is 5.61. The van der Waals surface area contributed by atoms with E-state index in [2.05, 4.69) is 33.9 Å². The normalized spacial score (nSPS) is 15.5. The summed E-state index contributed by atoms with van der Waals surface area (Å²) in [4.78, 5) is 20.0. The van der Waals surface area contributed by atoms with Crippen LogP contribution in [0.1, 0.15) is 49.8 Å². The van der Waals surface area contributed by atoms with Crippen LogP contribution in [0.2, 0.25) is 0 Å². The van der Waals surface area contributed by atoms with Crippen molar-refractivity contribution in [2.45, 2.75) is 44.9 Å². The highest BCUT2D eigenvalue weighted by Gasteiger charge is 2.23. The van der Waals surface area contributed by atoms with Crippen LogP contribution < -0.4 is 5.56 Å². The van der Waals surface area contributed by atoms with Gasteiger partial charge in [0.25, 0.3) is 5.56 Å². The topological polar surface area (TPSA) is 45.8 Å². The monoisotopic (exact) mass is 346 g/mol. The molecule has 21 heavy (non-hydrogen) atoms. The van der Waals surface area contributed by atoms with Crippen molar-refractivity contribution in [3.05, 3.63) is 50.3 Å². The zero-order valence-electron chi connectivity index (χ0n) is 12.2. The van der Waals surface area contributed by atoms with Crippen LogP contribution in [-0.4, -0.2) is 9.97 Å². The van der Waals surface area contributed by atoms with Crippen LogP contribution in [0.3, 0.4) is 0 Å². The maximum Gasteiger partial charge on any atom is 0.265 e. The molecule has 0 saturated heterocycles. The van der Waals surface area contributed by atoms with Crippen molar-refractivity contribution in [2.24, 2.45) is 0 Å². The van der Waals surface area contributed by atoms with E-state index in [0.717, 1.165) is 30.5 Å². The van der Waals surface area contributed by atoms with E-state index < -0.39 is 0 Å². The molecule has 1 aromatic heterocycles. The molecule has 0 amide bonds. The third-order valence-electron chi connectivity index (χ3n) is 4.28. The number of halogens is 1. The molecule has 1 heterocycles. The molecule has 1 aromatic carbocycles. The Bertz CT molecular complexity index is 702. The Balaban J connectivity index is 2.13. The maximum atomic E-state index is 12.2. The van der Waals surface area contributed by atoms with Gasteiger partial charge in [0.05, 0.1) is 5.69 Å². The van der Waals surface area contributed by atoms with Gasteiger partial charge in [0.1, 0.15) is 10.3 Å². The molecule has 1 fully saturated rings. The van der Waals surface area contributed by atoms with Gasteiger partial charge in [-0.15, -0.1) is 0 Å². The Hall–Kier alpha value is -1.42. The first kappa shape index (κ1) is 14.5. The molecule has 0 radical (unpaired) electrons. The number of nitrogens with one attached hydrogen (secondary N) is 1. The fraction of sp³-hybridized carbons (Fsp3) is 0.412. The summed E-state index contributed by atoms with van der Waals surface area (Å²) in [7, 11) is 0. The zero-order valence-corrected chi connectivity index (χ0v) is 13.7. The van der Waals surface area contributed by atoms with Crippen molar-refractivity contribution >= 4 is 15.9 Å². The van der Waals surface area contributed by atoms with Gasteiger partial charge in [-0.2, -0.15) is 0 Å². The standard InChI is InChI=1S/C17H19BrN2O/c1-2-11-7-5-6-10-13(11)16-19-15(12-8-3-4-9-12)14(18)17(21)20-16/h5-7,10,12H,2-4,8-9H2,1H3,(H,19,20,21). The van der Waals surface area contributed by atoms with Gasteiger partial charge in [0.15, 0.2) is 0 Å². The van der Waals surface area contributed by atoms with Crippen LogP contribution >= 0.6 is 15.9 Å².